The number of amides is 1. The minimum Gasteiger partial charge on any atom is -0.289 e. The lowest BCUT2D eigenvalue weighted by atomic mass is 10.2. The molecule has 0 radical (unpaired) electrons. The van der Waals surface area contributed by atoms with Gasteiger partial charge in [0.2, 0.25) is 0 Å². The van der Waals surface area contributed by atoms with Crippen LogP contribution in [0.25, 0.3) is 6.08 Å². The van der Waals surface area contributed by atoms with Crippen LogP contribution in [0.4, 0.5) is 0 Å². The van der Waals surface area contributed by atoms with E-state index in [1.165, 1.54) is 11.8 Å². The van der Waals surface area contributed by atoms with Crippen LogP contribution in [0.3, 0.4) is 0 Å². The Balaban J connectivity index is 2.33. The van der Waals surface area contributed by atoms with Crippen LogP contribution in [0.1, 0.15) is 5.56 Å². The fourth-order valence-electron chi connectivity index (χ4n) is 1.47. The molecule has 1 aromatic carbocycles. The number of carbonyl (C=O) groups is 1. The second-order valence-electron chi connectivity index (χ2n) is 3.40. The number of nitrogens with zero attached hydrogens (tertiary/aromatic N) is 2. The molecule has 82 valence electrons. The molecule has 0 fully saturated rings. The summed E-state index contributed by atoms with van der Waals surface area (Å²) < 4.78 is 0. The van der Waals surface area contributed by atoms with Gasteiger partial charge in [-0.3, -0.25) is 9.69 Å². The lowest BCUT2D eigenvalue weighted by Crippen LogP contribution is -2.25. The largest absolute Gasteiger partial charge is 0.289 e. The van der Waals surface area contributed by atoms with E-state index in [0.717, 1.165) is 10.7 Å². The maximum Gasteiger partial charge on any atom is 0.278 e. The van der Waals surface area contributed by atoms with E-state index in [0.29, 0.717) is 5.70 Å². The highest BCUT2D eigenvalue weighted by Gasteiger charge is 2.25. The van der Waals surface area contributed by atoms with Crippen LogP contribution in [-0.2, 0) is 4.79 Å². The summed E-state index contributed by atoms with van der Waals surface area (Å²) in [5.74, 6) is -0.0480. The molecule has 0 aromatic heterocycles. The molecule has 4 heteroatoms. The van der Waals surface area contributed by atoms with E-state index in [9.17, 15) is 4.79 Å². The molecule has 0 saturated carbocycles. The van der Waals surface area contributed by atoms with Gasteiger partial charge in [0.05, 0.1) is 0 Å². The summed E-state index contributed by atoms with van der Waals surface area (Å²) in [6, 6.07) is 9.73. The van der Waals surface area contributed by atoms with Crippen molar-refractivity contribution >= 4 is 28.9 Å². The van der Waals surface area contributed by atoms with Crippen LogP contribution in [0.2, 0.25) is 0 Å². The lowest BCUT2D eigenvalue weighted by molar-refractivity contribution is -0.121. The van der Waals surface area contributed by atoms with Crippen molar-refractivity contribution in [1.29, 1.82) is 0 Å². The van der Waals surface area contributed by atoms with Crippen molar-refractivity contribution in [3.8, 4) is 0 Å². The number of rotatable bonds is 1. The fraction of sp³-hybridized carbons (Fsp3) is 0.167. The SMILES string of the molecule is CSC1=N/C(=C/c2ccccc2)C(=O)N1C. The Morgan fingerprint density at radius 2 is 2.00 bits per heavy atom. The molecule has 1 aliphatic heterocycles. The number of amidine groups is 1. The van der Waals surface area contributed by atoms with Crippen molar-refractivity contribution in [2.75, 3.05) is 13.3 Å². The molecule has 3 nitrogen and oxygen atoms in total. The van der Waals surface area contributed by atoms with Gasteiger partial charge in [0.25, 0.3) is 5.91 Å². The van der Waals surface area contributed by atoms with Crippen LogP contribution in [-0.4, -0.2) is 29.3 Å². The topological polar surface area (TPSA) is 32.7 Å². The van der Waals surface area contributed by atoms with Gasteiger partial charge < -0.3 is 0 Å². The summed E-state index contributed by atoms with van der Waals surface area (Å²) in [5, 5.41) is 0.743. The molecule has 0 N–H and O–H groups in total. The van der Waals surface area contributed by atoms with Gasteiger partial charge in [0, 0.05) is 7.05 Å². The lowest BCUT2D eigenvalue weighted by Gasteiger charge is -2.07. The van der Waals surface area contributed by atoms with Gasteiger partial charge in [-0.2, -0.15) is 0 Å². The average molecular weight is 232 g/mol. The molecule has 0 spiro atoms. The molecule has 0 bridgehead atoms. The van der Waals surface area contributed by atoms with Crippen LogP contribution in [0, 0.1) is 0 Å². The minimum absolute atomic E-state index is 0.0480. The minimum atomic E-state index is -0.0480. The highest BCUT2D eigenvalue weighted by molar-refractivity contribution is 8.13. The van der Waals surface area contributed by atoms with Crippen molar-refractivity contribution in [2.45, 2.75) is 0 Å². The number of thioether (sulfide) groups is 1. The zero-order valence-electron chi connectivity index (χ0n) is 9.18. The van der Waals surface area contributed by atoms with E-state index in [1.54, 1.807) is 11.9 Å². The monoisotopic (exact) mass is 232 g/mol. The fourth-order valence-corrected chi connectivity index (χ4v) is 2.01. The number of hydrogen-bond acceptors (Lipinski definition) is 3. The van der Waals surface area contributed by atoms with E-state index < -0.39 is 0 Å². The van der Waals surface area contributed by atoms with Crippen molar-refractivity contribution in [3.63, 3.8) is 0 Å². The molecule has 1 aliphatic rings. The smallest absolute Gasteiger partial charge is 0.278 e. The first-order valence-corrected chi connectivity index (χ1v) is 6.12. The second-order valence-corrected chi connectivity index (χ2v) is 4.18. The molecular weight excluding hydrogens is 220 g/mol. The van der Waals surface area contributed by atoms with Crippen molar-refractivity contribution in [1.82, 2.24) is 4.90 Å². The first kappa shape index (κ1) is 11.0. The van der Waals surface area contributed by atoms with Crippen LogP contribution in [0.5, 0.6) is 0 Å². The normalized spacial score (nSPS) is 18.1. The molecule has 0 atom stereocenters. The average Bonchev–Trinajstić information content (AvgIpc) is 2.58. The first-order chi connectivity index (χ1) is 7.72. The highest BCUT2D eigenvalue weighted by Crippen LogP contribution is 2.20. The number of carbonyl (C=O) groups excluding carboxylic acids is 1. The second kappa shape index (κ2) is 4.53. The third-order valence-corrected chi connectivity index (χ3v) is 3.04. The predicted molar refractivity (Wildman–Crippen MR) is 68.1 cm³/mol. The number of hydrogen-bond donors (Lipinski definition) is 0. The molecule has 1 heterocycles. The molecular formula is C12H12N2OS. The number of benzene rings is 1. The van der Waals surface area contributed by atoms with Gasteiger partial charge in [-0.1, -0.05) is 42.1 Å². The molecule has 2 rings (SSSR count). The van der Waals surface area contributed by atoms with Crippen LogP contribution < -0.4 is 0 Å². The summed E-state index contributed by atoms with van der Waals surface area (Å²) in [7, 11) is 1.74. The molecule has 0 aliphatic carbocycles. The summed E-state index contributed by atoms with van der Waals surface area (Å²) in [6.07, 6.45) is 3.72. The number of likely N-dealkylation sites (N-methyl/N-ethyl adjacent to an activating group) is 1. The van der Waals surface area contributed by atoms with Gasteiger partial charge in [-0.05, 0) is 17.9 Å². The van der Waals surface area contributed by atoms with Gasteiger partial charge >= 0.3 is 0 Å². The Morgan fingerprint density at radius 1 is 1.31 bits per heavy atom. The van der Waals surface area contributed by atoms with Crippen molar-refractivity contribution in [3.05, 3.63) is 41.6 Å². The quantitative estimate of drug-likeness (QED) is 0.695. The molecule has 0 unspecified atom stereocenters. The Hall–Kier alpha value is -1.55. The molecule has 1 aromatic rings. The predicted octanol–water partition coefficient (Wildman–Crippen LogP) is 2.22. The molecule has 1 amide bonds. The zero-order chi connectivity index (χ0) is 11.5. The summed E-state index contributed by atoms with van der Waals surface area (Å²) in [6.45, 7) is 0. The maximum absolute atomic E-state index is 11.8. The van der Waals surface area contributed by atoms with Crippen LogP contribution in [0.15, 0.2) is 41.0 Å². The third kappa shape index (κ3) is 2.02. The van der Waals surface area contributed by atoms with Gasteiger partial charge in [-0.25, -0.2) is 4.99 Å². The zero-order valence-corrected chi connectivity index (χ0v) is 9.99. The molecule has 16 heavy (non-hydrogen) atoms. The Bertz CT molecular complexity index is 465. The summed E-state index contributed by atoms with van der Waals surface area (Å²) in [4.78, 5) is 17.7. The maximum atomic E-state index is 11.8. The van der Waals surface area contributed by atoms with E-state index in [4.69, 9.17) is 0 Å². The van der Waals surface area contributed by atoms with Crippen molar-refractivity contribution in [2.24, 2.45) is 4.99 Å². The third-order valence-electron chi connectivity index (χ3n) is 2.31. The van der Waals surface area contributed by atoms with Gasteiger partial charge in [0.15, 0.2) is 5.17 Å². The summed E-state index contributed by atoms with van der Waals surface area (Å²) >= 11 is 1.47. The first-order valence-electron chi connectivity index (χ1n) is 4.90. The summed E-state index contributed by atoms with van der Waals surface area (Å²) in [5.41, 5.74) is 1.49. The highest BCUT2D eigenvalue weighted by atomic mass is 32.2. The number of aliphatic imine (C=N–C) groups is 1. The van der Waals surface area contributed by atoms with E-state index in [2.05, 4.69) is 4.99 Å². The van der Waals surface area contributed by atoms with Crippen LogP contribution >= 0.6 is 11.8 Å². The van der Waals surface area contributed by atoms with Crippen molar-refractivity contribution < 1.29 is 4.79 Å². The van der Waals surface area contributed by atoms with E-state index in [-0.39, 0.29) is 5.91 Å². The van der Waals surface area contributed by atoms with Gasteiger partial charge in [0.1, 0.15) is 5.70 Å². The Labute approximate surface area is 98.9 Å². The molecule has 0 saturated heterocycles. The standard InChI is InChI=1S/C12H12N2OS/c1-14-11(15)10(13-12(14)16-2)8-9-6-4-3-5-7-9/h3-8H,1-2H3/b10-8+. The Kier molecular flexibility index (Phi) is 3.10. The van der Waals surface area contributed by atoms with E-state index in [1.807, 2.05) is 42.7 Å². The van der Waals surface area contributed by atoms with E-state index >= 15 is 0 Å². The Morgan fingerprint density at radius 3 is 2.56 bits per heavy atom. The van der Waals surface area contributed by atoms with Gasteiger partial charge in [-0.15, -0.1) is 0 Å².